The summed E-state index contributed by atoms with van der Waals surface area (Å²) < 4.78 is 5.92. The quantitative estimate of drug-likeness (QED) is 0.637. The molecule has 0 spiro atoms. The lowest BCUT2D eigenvalue weighted by molar-refractivity contribution is -0.160. The number of cyclic esters (lactones) is 1. The fourth-order valence-electron chi connectivity index (χ4n) is 3.55. The fourth-order valence-corrected chi connectivity index (χ4v) is 3.55. The van der Waals surface area contributed by atoms with Gasteiger partial charge in [-0.2, -0.15) is 0 Å². The highest BCUT2D eigenvalue weighted by Gasteiger charge is 2.38. The van der Waals surface area contributed by atoms with Crippen LogP contribution in [-0.4, -0.2) is 12.0 Å². The third-order valence-corrected chi connectivity index (χ3v) is 4.98. The molecule has 1 aliphatic heterocycles. The number of morpholine rings is 1. The molecule has 3 unspecified atom stereocenters. The highest BCUT2D eigenvalue weighted by atomic mass is 16.5. The second-order valence-corrected chi connectivity index (χ2v) is 6.92. The van der Waals surface area contributed by atoms with Crippen molar-refractivity contribution in [3.8, 4) is 0 Å². The molecule has 0 aliphatic carbocycles. The van der Waals surface area contributed by atoms with Crippen molar-refractivity contribution in [1.82, 2.24) is 5.32 Å². The Bertz CT molecular complexity index is 923. The van der Waals surface area contributed by atoms with Gasteiger partial charge in [0.05, 0.1) is 6.04 Å². The first-order chi connectivity index (χ1) is 13.8. The molecule has 0 aromatic heterocycles. The smallest absolute Gasteiger partial charge is 0.324 e. The lowest BCUT2D eigenvalue weighted by Gasteiger charge is -2.37. The third kappa shape index (κ3) is 4.21. The Morgan fingerprint density at radius 3 is 2.00 bits per heavy atom. The largest absolute Gasteiger partial charge is 0.454 e. The van der Waals surface area contributed by atoms with Gasteiger partial charge in [0, 0.05) is 0 Å². The van der Waals surface area contributed by atoms with Gasteiger partial charge >= 0.3 is 5.97 Å². The SMILES string of the molecule is O=C1OC(c2ccccc2)C(c2ccccc2)NC1CC=Cc1ccccc1. The van der Waals surface area contributed by atoms with Crippen LogP contribution in [0.2, 0.25) is 0 Å². The molecule has 4 rings (SSSR count). The van der Waals surface area contributed by atoms with E-state index in [0.29, 0.717) is 6.42 Å². The van der Waals surface area contributed by atoms with E-state index in [1.54, 1.807) is 0 Å². The maximum Gasteiger partial charge on any atom is 0.324 e. The fraction of sp³-hybridized carbons (Fsp3) is 0.160. The van der Waals surface area contributed by atoms with E-state index in [9.17, 15) is 4.79 Å². The van der Waals surface area contributed by atoms with E-state index in [-0.39, 0.29) is 24.2 Å². The van der Waals surface area contributed by atoms with E-state index in [4.69, 9.17) is 4.74 Å². The van der Waals surface area contributed by atoms with Gasteiger partial charge in [-0.3, -0.25) is 10.1 Å². The van der Waals surface area contributed by atoms with Crippen LogP contribution in [0.3, 0.4) is 0 Å². The third-order valence-electron chi connectivity index (χ3n) is 4.98. The van der Waals surface area contributed by atoms with Crippen LogP contribution in [0.5, 0.6) is 0 Å². The summed E-state index contributed by atoms with van der Waals surface area (Å²) in [6.45, 7) is 0. The number of hydrogen-bond acceptors (Lipinski definition) is 3. The summed E-state index contributed by atoms with van der Waals surface area (Å²) >= 11 is 0. The Balaban J connectivity index is 1.55. The van der Waals surface area contributed by atoms with Crippen molar-refractivity contribution in [3.63, 3.8) is 0 Å². The number of benzene rings is 3. The number of hydrogen-bond donors (Lipinski definition) is 1. The topological polar surface area (TPSA) is 38.3 Å². The van der Waals surface area contributed by atoms with E-state index in [1.807, 2.05) is 91.0 Å². The molecule has 1 aliphatic rings. The van der Waals surface area contributed by atoms with E-state index < -0.39 is 0 Å². The first-order valence-electron chi connectivity index (χ1n) is 9.59. The molecule has 0 amide bonds. The maximum atomic E-state index is 12.7. The molecule has 3 atom stereocenters. The van der Waals surface area contributed by atoms with Crippen molar-refractivity contribution in [2.75, 3.05) is 0 Å². The first-order valence-corrected chi connectivity index (χ1v) is 9.59. The van der Waals surface area contributed by atoms with Gasteiger partial charge in [-0.1, -0.05) is 103 Å². The van der Waals surface area contributed by atoms with Gasteiger partial charge in [0.25, 0.3) is 0 Å². The van der Waals surface area contributed by atoms with E-state index in [0.717, 1.165) is 16.7 Å². The molecule has 3 aromatic rings. The molecule has 1 fully saturated rings. The van der Waals surface area contributed by atoms with Crippen molar-refractivity contribution in [3.05, 3.63) is 114 Å². The van der Waals surface area contributed by atoms with Gasteiger partial charge in [0.2, 0.25) is 0 Å². The number of carbonyl (C=O) groups is 1. The normalized spacial score (nSPS) is 22.1. The lowest BCUT2D eigenvalue weighted by Crippen LogP contribution is -2.48. The molecule has 0 radical (unpaired) electrons. The molecule has 3 heteroatoms. The minimum atomic E-state index is -0.370. The number of nitrogens with one attached hydrogen (secondary N) is 1. The minimum absolute atomic E-state index is 0.0866. The zero-order chi connectivity index (χ0) is 19.2. The van der Waals surface area contributed by atoms with E-state index >= 15 is 0 Å². The predicted octanol–water partition coefficient (Wildman–Crippen LogP) is 5.09. The van der Waals surface area contributed by atoms with Gasteiger partial charge in [-0.05, 0) is 23.1 Å². The van der Waals surface area contributed by atoms with Crippen LogP contribution >= 0.6 is 0 Å². The van der Waals surface area contributed by atoms with Crippen LogP contribution in [-0.2, 0) is 9.53 Å². The van der Waals surface area contributed by atoms with Crippen molar-refractivity contribution in [1.29, 1.82) is 0 Å². The van der Waals surface area contributed by atoms with Crippen LogP contribution in [0.4, 0.5) is 0 Å². The van der Waals surface area contributed by atoms with Crippen LogP contribution in [0.15, 0.2) is 97.1 Å². The summed E-state index contributed by atoms with van der Waals surface area (Å²) in [4.78, 5) is 12.7. The molecule has 1 saturated heterocycles. The second kappa shape index (κ2) is 8.68. The van der Waals surface area contributed by atoms with Crippen molar-refractivity contribution in [2.45, 2.75) is 24.6 Å². The van der Waals surface area contributed by atoms with Crippen LogP contribution in [0.25, 0.3) is 6.08 Å². The van der Waals surface area contributed by atoms with Gasteiger partial charge in [-0.15, -0.1) is 0 Å². The number of esters is 1. The van der Waals surface area contributed by atoms with Gasteiger partial charge in [0.15, 0.2) is 0 Å². The highest BCUT2D eigenvalue weighted by Crippen LogP contribution is 2.36. The van der Waals surface area contributed by atoms with Crippen LogP contribution in [0.1, 0.15) is 35.3 Å². The molecule has 3 nitrogen and oxygen atoms in total. The summed E-state index contributed by atoms with van der Waals surface area (Å²) in [6, 6.07) is 29.7. The molecular formula is C25H23NO2. The summed E-state index contributed by atoms with van der Waals surface area (Å²) in [5.74, 6) is -0.209. The van der Waals surface area contributed by atoms with Crippen molar-refractivity contribution < 1.29 is 9.53 Å². The Labute approximate surface area is 165 Å². The second-order valence-electron chi connectivity index (χ2n) is 6.92. The number of ether oxygens (including phenoxy) is 1. The van der Waals surface area contributed by atoms with E-state index in [2.05, 4.69) is 17.4 Å². The average Bonchev–Trinajstić information content (AvgIpc) is 2.76. The summed E-state index contributed by atoms with van der Waals surface area (Å²) in [6.07, 6.45) is 4.30. The number of carbonyl (C=O) groups excluding carboxylic acids is 1. The molecule has 28 heavy (non-hydrogen) atoms. The molecular weight excluding hydrogens is 346 g/mol. The maximum absolute atomic E-state index is 12.7. The summed E-state index contributed by atoms with van der Waals surface area (Å²) in [5, 5.41) is 3.53. The van der Waals surface area contributed by atoms with Gasteiger partial charge < -0.3 is 4.74 Å². The molecule has 1 heterocycles. The zero-order valence-corrected chi connectivity index (χ0v) is 15.6. The minimum Gasteiger partial charge on any atom is -0.454 e. The Hall–Kier alpha value is -3.17. The summed E-state index contributed by atoms with van der Waals surface area (Å²) in [5.41, 5.74) is 3.23. The Morgan fingerprint density at radius 2 is 1.36 bits per heavy atom. The predicted molar refractivity (Wildman–Crippen MR) is 111 cm³/mol. The van der Waals surface area contributed by atoms with Gasteiger partial charge in [0.1, 0.15) is 12.1 Å². The van der Waals surface area contributed by atoms with Crippen molar-refractivity contribution >= 4 is 12.0 Å². The molecule has 140 valence electrons. The lowest BCUT2D eigenvalue weighted by atomic mass is 9.92. The Morgan fingerprint density at radius 1 is 0.786 bits per heavy atom. The molecule has 0 saturated carbocycles. The highest BCUT2D eigenvalue weighted by molar-refractivity contribution is 5.77. The van der Waals surface area contributed by atoms with Crippen LogP contribution in [0, 0.1) is 0 Å². The number of rotatable bonds is 5. The first kappa shape index (κ1) is 18.2. The molecule has 3 aromatic carbocycles. The van der Waals surface area contributed by atoms with Crippen LogP contribution < -0.4 is 5.32 Å². The Kier molecular flexibility index (Phi) is 5.64. The summed E-state index contributed by atoms with van der Waals surface area (Å²) in [7, 11) is 0. The standard InChI is InChI=1S/C25H23NO2/c27-25-22(18-10-13-19-11-4-1-5-12-19)26-23(20-14-6-2-7-15-20)24(28-25)21-16-8-3-9-17-21/h1-17,22-24,26H,18H2. The van der Waals surface area contributed by atoms with Gasteiger partial charge in [-0.25, -0.2) is 0 Å². The van der Waals surface area contributed by atoms with E-state index in [1.165, 1.54) is 0 Å². The zero-order valence-electron chi connectivity index (χ0n) is 15.6. The monoisotopic (exact) mass is 369 g/mol. The molecule has 1 N–H and O–H groups in total. The molecule has 0 bridgehead atoms. The average molecular weight is 369 g/mol. The van der Waals surface area contributed by atoms with Crippen molar-refractivity contribution in [2.24, 2.45) is 0 Å².